The highest BCUT2D eigenvalue weighted by Crippen LogP contribution is 2.31. The van der Waals surface area contributed by atoms with Crippen LogP contribution in [0.5, 0.6) is 0 Å². The van der Waals surface area contributed by atoms with Crippen molar-refractivity contribution >= 4 is 33.0 Å². The second kappa shape index (κ2) is 9.53. The van der Waals surface area contributed by atoms with E-state index in [0.29, 0.717) is 17.1 Å². The van der Waals surface area contributed by atoms with E-state index >= 15 is 0 Å². The topological polar surface area (TPSA) is 105 Å². The number of nitrogens with one attached hydrogen (secondary N) is 2. The number of thiophene rings is 1. The van der Waals surface area contributed by atoms with Crippen LogP contribution in [0.15, 0.2) is 75.6 Å². The van der Waals surface area contributed by atoms with Gasteiger partial charge in [0.15, 0.2) is 9.84 Å². The molecule has 29 heavy (non-hydrogen) atoms. The van der Waals surface area contributed by atoms with Gasteiger partial charge in [-0.3, -0.25) is 9.59 Å². The highest BCUT2D eigenvalue weighted by molar-refractivity contribution is 7.91. The number of furan rings is 1. The molecule has 2 heterocycles. The SMILES string of the molecule is O=C(NCCc1ccco1)C(=O)NC[C@@H](c1cccs1)S(=O)(=O)c1ccccc1. The average molecular weight is 433 g/mol. The molecule has 2 amide bonds. The first-order valence-electron chi connectivity index (χ1n) is 8.89. The quantitative estimate of drug-likeness (QED) is 0.532. The molecule has 3 aromatic rings. The Balaban J connectivity index is 1.63. The number of sulfone groups is 1. The number of hydrogen-bond acceptors (Lipinski definition) is 6. The molecule has 7 nitrogen and oxygen atoms in total. The maximum Gasteiger partial charge on any atom is 0.309 e. The molecular weight excluding hydrogens is 412 g/mol. The fraction of sp³-hybridized carbons (Fsp3) is 0.200. The minimum absolute atomic E-state index is 0.163. The Kier molecular flexibility index (Phi) is 6.84. The molecule has 0 unspecified atom stereocenters. The first-order chi connectivity index (χ1) is 14.0. The van der Waals surface area contributed by atoms with Crippen LogP contribution >= 0.6 is 11.3 Å². The van der Waals surface area contributed by atoms with Crippen LogP contribution < -0.4 is 10.6 Å². The first kappa shape index (κ1) is 20.8. The normalized spacial score (nSPS) is 12.3. The molecule has 2 aromatic heterocycles. The van der Waals surface area contributed by atoms with Gasteiger partial charge in [0.05, 0.1) is 11.2 Å². The molecule has 2 N–H and O–H groups in total. The zero-order chi connectivity index (χ0) is 20.7. The van der Waals surface area contributed by atoms with E-state index in [1.807, 2.05) is 0 Å². The summed E-state index contributed by atoms with van der Waals surface area (Å²) in [5.74, 6) is -1.01. The van der Waals surface area contributed by atoms with Crippen LogP contribution in [0.3, 0.4) is 0 Å². The number of carbonyl (C=O) groups is 2. The summed E-state index contributed by atoms with van der Waals surface area (Å²) < 4.78 is 31.3. The zero-order valence-electron chi connectivity index (χ0n) is 15.4. The van der Waals surface area contributed by atoms with Gasteiger partial charge >= 0.3 is 11.8 Å². The molecule has 0 spiro atoms. The molecule has 0 aliphatic rings. The van der Waals surface area contributed by atoms with Crippen molar-refractivity contribution < 1.29 is 22.4 Å². The van der Waals surface area contributed by atoms with E-state index in [0.717, 1.165) is 0 Å². The van der Waals surface area contributed by atoms with Crippen molar-refractivity contribution in [3.8, 4) is 0 Å². The molecule has 1 aromatic carbocycles. The molecule has 0 aliphatic carbocycles. The average Bonchev–Trinajstić information content (AvgIpc) is 3.43. The van der Waals surface area contributed by atoms with Gasteiger partial charge in [0, 0.05) is 24.4 Å². The van der Waals surface area contributed by atoms with Gasteiger partial charge in [0.1, 0.15) is 11.0 Å². The number of amides is 2. The third-order valence-corrected chi connectivity index (χ3v) is 7.43. The van der Waals surface area contributed by atoms with E-state index in [1.165, 1.54) is 29.7 Å². The summed E-state index contributed by atoms with van der Waals surface area (Å²) in [7, 11) is -3.74. The molecule has 0 saturated carbocycles. The van der Waals surface area contributed by atoms with Gasteiger partial charge in [-0.15, -0.1) is 11.3 Å². The summed E-state index contributed by atoms with van der Waals surface area (Å²) in [5.41, 5.74) is 0. The fourth-order valence-electron chi connectivity index (χ4n) is 2.71. The summed E-state index contributed by atoms with van der Waals surface area (Å²) in [6.07, 6.45) is 1.98. The number of carbonyl (C=O) groups excluding carboxylic acids is 2. The van der Waals surface area contributed by atoms with Crippen molar-refractivity contribution in [2.75, 3.05) is 13.1 Å². The summed E-state index contributed by atoms with van der Waals surface area (Å²) in [6, 6.07) is 15.0. The Hall–Kier alpha value is -2.91. The zero-order valence-corrected chi connectivity index (χ0v) is 17.0. The van der Waals surface area contributed by atoms with Gasteiger partial charge < -0.3 is 15.1 Å². The van der Waals surface area contributed by atoms with Crippen LogP contribution in [0.25, 0.3) is 0 Å². The number of hydrogen-bond donors (Lipinski definition) is 2. The minimum atomic E-state index is -3.74. The third-order valence-electron chi connectivity index (χ3n) is 4.20. The van der Waals surface area contributed by atoms with Crippen molar-refractivity contribution in [3.63, 3.8) is 0 Å². The van der Waals surface area contributed by atoms with Gasteiger partial charge in [-0.1, -0.05) is 24.3 Å². The van der Waals surface area contributed by atoms with Gasteiger partial charge in [-0.2, -0.15) is 0 Å². The van der Waals surface area contributed by atoms with Crippen LogP contribution in [-0.2, 0) is 25.8 Å². The van der Waals surface area contributed by atoms with Crippen molar-refractivity contribution in [1.82, 2.24) is 10.6 Å². The third kappa shape index (κ3) is 5.33. The standard InChI is InChI=1S/C20H20N2O5S2/c23-19(21-11-10-15-6-4-12-27-15)20(24)22-14-18(17-9-5-13-28-17)29(25,26)16-7-2-1-3-8-16/h1-9,12-13,18H,10-11,14H2,(H,21,23)(H,22,24)/t18-/m0/s1. The van der Waals surface area contributed by atoms with Crippen LogP contribution in [0.4, 0.5) is 0 Å². The van der Waals surface area contributed by atoms with Crippen molar-refractivity contribution in [3.05, 3.63) is 76.9 Å². The van der Waals surface area contributed by atoms with Crippen LogP contribution in [0.1, 0.15) is 15.9 Å². The van der Waals surface area contributed by atoms with E-state index in [-0.39, 0.29) is 18.0 Å². The molecule has 0 aliphatic heterocycles. The summed E-state index contributed by atoms with van der Waals surface area (Å²) >= 11 is 1.28. The predicted octanol–water partition coefficient (Wildman–Crippen LogP) is 2.33. The molecule has 9 heteroatoms. The largest absolute Gasteiger partial charge is 0.469 e. The minimum Gasteiger partial charge on any atom is -0.469 e. The lowest BCUT2D eigenvalue weighted by Crippen LogP contribution is -2.42. The summed E-state index contributed by atoms with van der Waals surface area (Å²) in [5, 5.41) is 5.72. The van der Waals surface area contributed by atoms with E-state index in [1.54, 1.807) is 47.8 Å². The predicted molar refractivity (Wildman–Crippen MR) is 109 cm³/mol. The lowest BCUT2D eigenvalue weighted by molar-refractivity contribution is -0.139. The molecule has 152 valence electrons. The van der Waals surface area contributed by atoms with Crippen LogP contribution in [0.2, 0.25) is 0 Å². The van der Waals surface area contributed by atoms with Crippen LogP contribution in [-0.4, -0.2) is 33.3 Å². The van der Waals surface area contributed by atoms with Gasteiger partial charge in [-0.25, -0.2) is 8.42 Å². The van der Waals surface area contributed by atoms with Gasteiger partial charge in [0.2, 0.25) is 0 Å². The molecule has 0 fully saturated rings. The van der Waals surface area contributed by atoms with E-state index in [2.05, 4.69) is 10.6 Å². The highest BCUT2D eigenvalue weighted by atomic mass is 32.2. The second-order valence-electron chi connectivity index (χ2n) is 6.16. The smallest absolute Gasteiger partial charge is 0.309 e. The number of benzene rings is 1. The molecule has 0 radical (unpaired) electrons. The van der Waals surface area contributed by atoms with Gasteiger partial charge in [-0.05, 0) is 35.7 Å². The van der Waals surface area contributed by atoms with Crippen molar-refractivity contribution in [1.29, 1.82) is 0 Å². The summed E-state index contributed by atoms with van der Waals surface area (Å²) in [4.78, 5) is 24.9. The molecule has 0 saturated heterocycles. The summed E-state index contributed by atoms with van der Waals surface area (Å²) in [6.45, 7) is 0.0264. The maximum absolute atomic E-state index is 13.1. The van der Waals surface area contributed by atoms with Crippen molar-refractivity contribution in [2.24, 2.45) is 0 Å². The highest BCUT2D eigenvalue weighted by Gasteiger charge is 2.31. The first-order valence-corrected chi connectivity index (χ1v) is 11.3. The Bertz CT molecular complexity index is 1030. The van der Waals surface area contributed by atoms with E-state index < -0.39 is 26.9 Å². The Morgan fingerprint density at radius 1 is 0.966 bits per heavy atom. The Labute approximate surface area is 172 Å². The lowest BCUT2D eigenvalue weighted by Gasteiger charge is -2.17. The molecule has 1 atom stereocenters. The van der Waals surface area contributed by atoms with Crippen LogP contribution in [0, 0.1) is 0 Å². The molecule has 0 bridgehead atoms. The Morgan fingerprint density at radius 2 is 1.72 bits per heavy atom. The van der Waals surface area contributed by atoms with Crippen molar-refractivity contribution in [2.45, 2.75) is 16.6 Å². The molecular formula is C20H20N2O5S2. The fourth-order valence-corrected chi connectivity index (χ4v) is 5.52. The Morgan fingerprint density at radius 3 is 2.38 bits per heavy atom. The lowest BCUT2D eigenvalue weighted by atomic mass is 10.3. The monoisotopic (exact) mass is 432 g/mol. The van der Waals surface area contributed by atoms with E-state index in [4.69, 9.17) is 4.42 Å². The van der Waals surface area contributed by atoms with E-state index in [9.17, 15) is 18.0 Å². The van der Waals surface area contributed by atoms with Gasteiger partial charge in [0.25, 0.3) is 0 Å². The molecule has 3 rings (SSSR count). The second-order valence-corrected chi connectivity index (χ2v) is 9.27. The number of rotatable bonds is 8. The maximum atomic E-state index is 13.1.